The Hall–Kier alpha value is -1.43. The summed E-state index contributed by atoms with van der Waals surface area (Å²) >= 11 is 1.42. The van der Waals surface area contributed by atoms with Gasteiger partial charge in [-0.1, -0.05) is 18.3 Å². The van der Waals surface area contributed by atoms with Crippen LogP contribution in [0.2, 0.25) is 0 Å². The van der Waals surface area contributed by atoms with E-state index in [1.54, 1.807) is 0 Å². The fraction of sp³-hybridized carbons (Fsp3) is 0.667. The highest BCUT2D eigenvalue weighted by Gasteiger charge is 2.30. The van der Waals surface area contributed by atoms with Gasteiger partial charge >= 0.3 is 4.87 Å². The molecule has 112 valence electrons. The predicted octanol–water partition coefficient (Wildman–Crippen LogP) is 2.09. The van der Waals surface area contributed by atoms with Gasteiger partial charge in [0.05, 0.1) is 6.54 Å². The van der Waals surface area contributed by atoms with E-state index in [1.807, 2.05) is 11.6 Å². The van der Waals surface area contributed by atoms with Gasteiger partial charge in [-0.05, 0) is 38.0 Å². The molecule has 2 aromatic heterocycles. The molecular weight excluding hydrogens is 284 g/mol. The van der Waals surface area contributed by atoms with Gasteiger partial charge in [0, 0.05) is 23.5 Å². The number of rotatable bonds is 3. The SMILES string of the molecule is CC1CCc2c(sc(=O)n2Cc2nnc(C3CC3)n2C)C1. The van der Waals surface area contributed by atoms with Gasteiger partial charge in [-0.2, -0.15) is 0 Å². The van der Waals surface area contributed by atoms with Crippen LogP contribution < -0.4 is 4.87 Å². The zero-order valence-electron chi connectivity index (χ0n) is 12.5. The molecule has 2 aromatic rings. The van der Waals surface area contributed by atoms with E-state index in [0.29, 0.717) is 18.4 Å². The van der Waals surface area contributed by atoms with Gasteiger partial charge in [-0.15, -0.1) is 10.2 Å². The number of hydrogen-bond acceptors (Lipinski definition) is 4. The highest BCUT2D eigenvalue weighted by Crippen LogP contribution is 2.38. The van der Waals surface area contributed by atoms with Crippen LogP contribution in [-0.2, 0) is 26.4 Å². The summed E-state index contributed by atoms with van der Waals surface area (Å²) in [5, 5.41) is 8.63. The van der Waals surface area contributed by atoms with Crippen molar-refractivity contribution in [1.82, 2.24) is 19.3 Å². The number of fused-ring (bicyclic) bond motifs is 1. The second kappa shape index (κ2) is 4.80. The van der Waals surface area contributed by atoms with E-state index in [9.17, 15) is 4.79 Å². The lowest BCUT2D eigenvalue weighted by Gasteiger charge is -2.19. The summed E-state index contributed by atoms with van der Waals surface area (Å²) < 4.78 is 4.01. The molecule has 1 unspecified atom stereocenters. The molecule has 0 bridgehead atoms. The normalized spacial score (nSPS) is 21.5. The molecule has 1 saturated carbocycles. The molecule has 2 aliphatic carbocycles. The van der Waals surface area contributed by atoms with E-state index in [1.165, 1.54) is 41.2 Å². The summed E-state index contributed by atoms with van der Waals surface area (Å²) in [6.45, 7) is 2.83. The predicted molar refractivity (Wildman–Crippen MR) is 81.8 cm³/mol. The van der Waals surface area contributed by atoms with Crippen molar-refractivity contribution < 1.29 is 0 Å². The van der Waals surface area contributed by atoms with Crippen LogP contribution in [0.15, 0.2) is 4.79 Å². The second-order valence-electron chi connectivity index (χ2n) is 6.48. The molecule has 0 spiro atoms. The minimum Gasteiger partial charge on any atom is -0.316 e. The lowest BCUT2D eigenvalue weighted by Crippen LogP contribution is -2.21. The van der Waals surface area contributed by atoms with Crippen LogP contribution in [0.25, 0.3) is 0 Å². The van der Waals surface area contributed by atoms with Crippen molar-refractivity contribution in [1.29, 1.82) is 0 Å². The molecule has 1 atom stereocenters. The topological polar surface area (TPSA) is 52.7 Å². The quantitative estimate of drug-likeness (QED) is 0.872. The number of aromatic nitrogens is 4. The van der Waals surface area contributed by atoms with Crippen molar-refractivity contribution in [2.24, 2.45) is 13.0 Å². The van der Waals surface area contributed by atoms with Gasteiger partial charge in [0.1, 0.15) is 5.82 Å². The molecular formula is C15H20N4OS. The van der Waals surface area contributed by atoms with Crippen molar-refractivity contribution in [3.05, 3.63) is 31.9 Å². The summed E-state index contributed by atoms with van der Waals surface area (Å²) in [5.74, 6) is 3.26. The first-order valence-corrected chi connectivity index (χ1v) is 8.54. The smallest absolute Gasteiger partial charge is 0.307 e. The zero-order chi connectivity index (χ0) is 14.6. The molecule has 1 fully saturated rings. The zero-order valence-corrected chi connectivity index (χ0v) is 13.3. The molecule has 4 rings (SSSR count). The fourth-order valence-corrected chi connectivity index (χ4v) is 4.42. The van der Waals surface area contributed by atoms with Gasteiger partial charge < -0.3 is 4.57 Å². The van der Waals surface area contributed by atoms with Crippen LogP contribution >= 0.6 is 11.3 Å². The van der Waals surface area contributed by atoms with Gasteiger partial charge in [-0.3, -0.25) is 9.36 Å². The number of hydrogen-bond donors (Lipinski definition) is 0. The average molecular weight is 304 g/mol. The van der Waals surface area contributed by atoms with E-state index in [0.717, 1.165) is 24.5 Å². The minimum absolute atomic E-state index is 0.157. The van der Waals surface area contributed by atoms with Crippen LogP contribution in [0.4, 0.5) is 0 Å². The summed E-state index contributed by atoms with van der Waals surface area (Å²) in [7, 11) is 2.02. The Labute approximate surface area is 127 Å². The van der Waals surface area contributed by atoms with E-state index in [4.69, 9.17) is 0 Å². The molecule has 2 aliphatic rings. The molecule has 21 heavy (non-hydrogen) atoms. The Morgan fingerprint density at radius 1 is 1.29 bits per heavy atom. The largest absolute Gasteiger partial charge is 0.316 e. The van der Waals surface area contributed by atoms with Crippen LogP contribution in [0.5, 0.6) is 0 Å². The Morgan fingerprint density at radius 3 is 2.86 bits per heavy atom. The Kier molecular flexibility index (Phi) is 3.03. The average Bonchev–Trinajstić information content (AvgIpc) is 3.16. The summed E-state index contributed by atoms with van der Waals surface area (Å²) in [6.07, 6.45) is 5.68. The van der Waals surface area contributed by atoms with Crippen molar-refractivity contribution in [3.63, 3.8) is 0 Å². The maximum absolute atomic E-state index is 12.3. The lowest BCUT2D eigenvalue weighted by molar-refractivity contribution is 0.485. The van der Waals surface area contributed by atoms with Crippen LogP contribution in [0.3, 0.4) is 0 Å². The van der Waals surface area contributed by atoms with Crippen molar-refractivity contribution in [2.45, 2.75) is 51.5 Å². The Balaban J connectivity index is 1.67. The monoisotopic (exact) mass is 304 g/mol. The lowest BCUT2D eigenvalue weighted by atomic mass is 9.93. The third-order valence-electron chi connectivity index (χ3n) is 4.73. The molecule has 0 N–H and O–H groups in total. The van der Waals surface area contributed by atoms with Gasteiger partial charge in [0.2, 0.25) is 0 Å². The first kappa shape index (κ1) is 13.2. The number of nitrogens with zero attached hydrogens (tertiary/aromatic N) is 4. The highest BCUT2D eigenvalue weighted by atomic mass is 32.1. The van der Waals surface area contributed by atoms with Crippen molar-refractivity contribution in [3.8, 4) is 0 Å². The first-order valence-electron chi connectivity index (χ1n) is 7.73. The number of thiazole rings is 1. The molecule has 0 saturated heterocycles. The standard InChI is InChI=1S/C15H20N4OS/c1-9-3-6-11-12(7-9)21-15(20)19(11)8-13-16-17-14(18(13)2)10-4-5-10/h9-10H,3-8H2,1-2H3. The van der Waals surface area contributed by atoms with E-state index in [2.05, 4.69) is 21.7 Å². The molecule has 6 heteroatoms. The third kappa shape index (κ3) is 2.25. The van der Waals surface area contributed by atoms with Crippen molar-refractivity contribution >= 4 is 11.3 Å². The minimum atomic E-state index is 0.157. The van der Waals surface area contributed by atoms with E-state index in [-0.39, 0.29) is 4.87 Å². The van der Waals surface area contributed by atoms with Gasteiger partial charge in [0.15, 0.2) is 5.82 Å². The Morgan fingerprint density at radius 2 is 2.10 bits per heavy atom. The van der Waals surface area contributed by atoms with E-state index < -0.39 is 0 Å². The first-order chi connectivity index (χ1) is 10.1. The van der Waals surface area contributed by atoms with E-state index >= 15 is 0 Å². The van der Waals surface area contributed by atoms with Crippen molar-refractivity contribution in [2.75, 3.05) is 0 Å². The molecule has 0 aromatic carbocycles. The van der Waals surface area contributed by atoms with Crippen LogP contribution in [0.1, 0.15) is 54.3 Å². The summed E-state index contributed by atoms with van der Waals surface area (Å²) in [5.41, 5.74) is 1.24. The Bertz CT molecular complexity index is 737. The highest BCUT2D eigenvalue weighted by molar-refractivity contribution is 7.09. The fourth-order valence-electron chi connectivity index (χ4n) is 3.23. The third-order valence-corrected chi connectivity index (χ3v) is 5.77. The second-order valence-corrected chi connectivity index (χ2v) is 7.53. The maximum atomic E-state index is 12.3. The van der Waals surface area contributed by atoms with Gasteiger partial charge in [0.25, 0.3) is 0 Å². The maximum Gasteiger partial charge on any atom is 0.307 e. The summed E-state index contributed by atoms with van der Waals surface area (Å²) in [6, 6.07) is 0. The molecule has 0 aliphatic heterocycles. The van der Waals surface area contributed by atoms with Gasteiger partial charge in [-0.25, -0.2) is 0 Å². The summed E-state index contributed by atoms with van der Waals surface area (Å²) in [4.78, 5) is 13.7. The molecule has 5 nitrogen and oxygen atoms in total. The molecule has 0 amide bonds. The van der Waals surface area contributed by atoms with Crippen LogP contribution in [-0.4, -0.2) is 19.3 Å². The van der Waals surface area contributed by atoms with Crippen LogP contribution in [0, 0.1) is 5.92 Å². The molecule has 2 heterocycles. The molecule has 0 radical (unpaired) electrons.